The van der Waals surface area contributed by atoms with Crippen LogP contribution in [-0.2, 0) is 16.3 Å². The smallest absolute Gasteiger partial charge is 0.303 e. The molecule has 0 spiro atoms. The van der Waals surface area contributed by atoms with Crippen molar-refractivity contribution in [2.45, 2.75) is 48.9 Å². The second-order valence-corrected chi connectivity index (χ2v) is 9.03. The van der Waals surface area contributed by atoms with Crippen LogP contribution >= 0.6 is 23.5 Å². The highest BCUT2D eigenvalue weighted by Crippen LogP contribution is 2.27. The van der Waals surface area contributed by atoms with Gasteiger partial charge in [0.2, 0.25) is 0 Å². The van der Waals surface area contributed by atoms with Crippen molar-refractivity contribution in [1.82, 2.24) is 0 Å². The van der Waals surface area contributed by atoms with Gasteiger partial charge in [-0.25, -0.2) is 0 Å². The maximum atomic E-state index is 10.7. The van der Waals surface area contributed by atoms with Crippen molar-refractivity contribution in [2.75, 3.05) is 5.75 Å². The van der Waals surface area contributed by atoms with Gasteiger partial charge in [-0.15, -0.1) is 0 Å². The van der Waals surface area contributed by atoms with Gasteiger partial charge in [0, 0.05) is 23.2 Å². The Morgan fingerprint density at radius 1 is 0.926 bits per heavy atom. The van der Waals surface area contributed by atoms with Crippen molar-refractivity contribution in [1.29, 1.82) is 0 Å². The zero-order valence-electron chi connectivity index (χ0n) is 15.7. The molecule has 0 fully saturated rings. The number of unbranched alkanes of at least 4 members (excludes halogenated alkanes) is 1. The molecule has 0 saturated heterocycles. The normalized spacial score (nSPS) is 12.0. The molecule has 1 atom stereocenters. The quantitative estimate of drug-likeness (QED) is 0.378. The highest BCUT2D eigenvalue weighted by Gasteiger charge is 2.10. The minimum Gasteiger partial charge on any atom is -0.481 e. The number of benzene rings is 2. The summed E-state index contributed by atoms with van der Waals surface area (Å²) in [6.45, 7) is 0. The van der Waals surface area contributed by atoms with E-state index in [-0.39, 0.29) is 6.42 Å². The molecule has 0 saturated carbocycles. The Hall–Kier alpha value is -1.33. The highest BCUT2D eigenvalue weighted by molar-refractivity contribution is 7.99. The lowest BCUT2D eigenvalue weighted by Crippen LogP contribution is -2.07. The van der Waals surface area contributed by atoms with Crippen LogP contribution in [0.3, 0.4) is 0 Å². The number of hydrogen-bond acceptors (Lipinski definition) is 3. The average Bonchev–Trinajstić information content (AvgIpc) is 2.67. The van der Waals surface area contributed by atoms with Crippen LogP contribution in [0.1, 0.15) is 43.2 Å². The molecule has 0 aliphatic heterocycles. The van der Waals surface area contributed by atoms with Crippen LogP contribution in [0, 0.1) is 0 Å². The molecule has 2 nitrogen and oxygen atoms in total. The Morgan fingerprint density at radius 3 is 2.33 bits per heavy atom. The van der Waals surface area contributed by atoms with Gasteiger partial charge in [-0.05, 0) is 36.1 Å². The fraction of sp³-hybridized carbons (Fsp3) is 0.409. The summed E-state index contributed by atoms with van der Waals surface area (Å²) >= 11 is 3.96. The number of carboxylic acids is 1. The van der Waals surface area contributed by atoms with Gasteiger partial charge in [-0.1, -0.05) is 66.5 Å². The van der Waals surface area contributed by atoms with Crippen LogP contribution < -0.4 is 5.46 Å². The lowest BCUT2D eigenvalue weighted by Gasteiger charge is -2.16. The molecule has 0 aliphatic carbocycles. The van der Waals surface area contributed by atoms with Crippen LogP contribution in [0.4, 0.5) is 0 Å². The number of carboxylic acid groups (broad SMARTS) is 1. The first-order valence-electron chi connectivity index (χ1n) is 9.43. The van der Waals surface area contributed by atoms with E-state index in [4.69, 9.17) is 13.0 Å². The zero-order valence-corrected chi connectivity index (χ0v) is 17.3. The highest BCUT2D eigenvalue weighted by atomic mass is 32.2. The summed E-state index contributed by atoms with van der Waals surface area (Å²) in [6.07, 6.45) is 4.27. The summed E-state index contributed by atoms with van der Waals surface area (Å²) in [5.41, 5.74) is 3.46. The van der Waals surface area contributed by atoms with Crippen LogP contribution in [0.5, 0.6) is 0 Å². The van der Waals surface area contributed by atoms with Crippen molar-refractivity contribution in [2.24, 2.45) is 0 Å². The lowest BCUT2D eigenvalue weighted by molar-refractivity contribution is -0.137. The Kier molecular flexibility index (Phi) is 10.5. The van der Waals surface area contributed by atoms with E-state index in [0.717, 1.165) is 48.4 Å². The first-order chi connectivity index (χ1) is 13.1. The van der Waals surface area contributed by atoms with Crippen LogP contribution in [-0.4, -0.2) is 29.9 Å². The van der Waals surface area contributed by atoms with Crippen molar-refractivity contribution in [3.63, 3.8) is 0 Å². The second kappa shape index (κ2) is 13.0. The molecule has 5 heteroatoms. The maximum absolute atomic E-state index is 10.7. The van der Waals surface area contributed by atoms with Crippen LogP contribution in [0.25, 0.3) is 0 Å². The topological polar surface area (TPSA) is 37.3 Å². The predicted molar refractivity (Wildman–Crippen MR) is 120 cm³/mol. The van der Waals surface area contributed by atoms with Gasteiger partial charge >= 0.3 is 5.97 Å². The third-order valence-electron chi connectivity index (χ3n) is 4.33. The van der Waals surface area contributed by atoms with Gasteiger partial charge in [-0.2, -0.15) is 23.5 Å². The molecule has 0 aliphatic rings. The first kappa shape index (κ1) is 22.0. The summed E-state index contributed by atoms with van der Waals surface area (Å²) in [4.78, 5) is 10.7. The molecule has 1 N–H and O–H groups in total. The van der Waals surface area contributed by atoms with E-state index in [1.807, 2.05) is 35.7 Å². The second-order valence-electron chi connectivity index (χ2n) is 6.64. The average molecular weight is 398 g/mol. The van der Waals surface area contributed by atoms with Crippen molar-refractivity contribution >= 4 is 42.8 Å². The van der Waals surface area contributed by atoms with Gasteiger partial charge in [0.05, 0.1) is 0 Å². The Balaban J connectivity index is 1.75. The molecule has 0 heterocycles. The minimum atomic E-state index is -0.695. The molecule has 2 aromatic carbocycles. The largest absolute Gasteiger partial charge is 0.481 e. The SMILES string of the molecule is [B]c1ccc(CSC(CCCCC(=O)O)CCSCc2ccccc2)cc1. The Labute approximate surface area is 172 Å². The minimum absolute atomic E-state index is 0.276. The van der Waals surface area contributed by atoms with E-state index in [0.29, 0.717) is 5.25 Å². The number of rotatable bonds is 13. The molecule has 0 aromatic heterocycles. The summed E-state index contributed by atoms with van der Waals surface area (Å²) in [5.74, 6) is 2.47. The summed E-state index contributed by atoms with van der Waals surface area (Å²) in [5, 5.41) is 9.39. The number of aliphatic carboxylic acids is 1. The molecule has 142 valence electrons. The number of carbonyl (C=O) groups is 1. The van der Waals surface area contributed by atoms with E-state index >= 15 is 0 Å². The standard InChI is InChI=1S/C22H27BO2S2/c23-20-12-10-19(11-13-20)17-27-21(8-4-5-9-22(24)25)14-15-26-16-18-6-2-1-3-7-18/h1-3,6-7,10-13,21H,4-5,8-9,14-17H2,(H,24,25). The molecule has 1 unspecified atom stereocenters. The summed E-state index contributed by atoms with van der Waals surface area (Å²) in [6, 6.07) is 18.7. The lowest BCUT2D eigenvalue weighted by atomic mass is 9.96. The number of hydrogen-bond donors (Lipinski definition) is 1. The van der Waals surface area contributed by atoms with E-state index in [1.165, 1.54) is 11.1 Å². The van der Waals surface area contributed by atoms with Gasteiger partial charge in [-0.3, -0.25) is 4.79 Å². The molecule has 2 aromatic rings. The Bertz CT molecular complexity index is 662. The molecule has 27 heavy (non-hydrogen) atoms. The fourth-order valence-electron chi connectivity index (χ4n) is 2.77. The molecule has 0 bridgehead atoms. The molecule has 2 radical (unpaired) electrons. The van der Waals surface area contributed by atoms with Gasteiger partial charge in [0.15, 0.2) is 0 Å². The maximum Gasteiger partial charge on any atom is 0.303 e. The molecule has 0 amide bonds. The molecular formula is C22H27BO2S2. The fourth-order valence-corrected chi connectivity index (χ4v) is 5.18. The predicted octanol–water partition coefficient (Wildman–Crippen LogP) is 5.05. The van der Waals surface area contributed by atoms with E-state index in [9.17, 15) is 4.79 Å². The van der Waals surface area contributed by atoms with E-state index in [1.54, 1.807) is 0 Å². The van der Waals surface area contributed by atoms with Crippen LogP contribution in [0.2, 0.25) is 0 Å². The van der Waals surface area contributed by atoms with Crippen LogP contribution in [0.15, 0.2) is 54.6 Å². The molecule has 2 rings (SSSR count). The monoisotopic (exact) mass is 398 g/mol. The number of thioether (sulfide) groups is 2. The van der Waals surface area contributed by atoms with Crippen molar-refractivity contribution in [3.8, 4) is 0 Å². The molecular weight excluding hydrogens is 371 g/mol. The van der Waals surface area contributed by atoms with E-state index in [2.05, 4.69) is 42.5 Å². The van der Waals surface area contributed by atoms with E-state index < -0.39 is 5.97 Å². The van der Waals surface area contributed by atoms with Gasteiger partial charge in [0.25, 0.3) is 0 Å². The Morgan fingerprint density at radius 2 is 1.63 bits per heavy atom. The van der Waals surface area contributed by atoms with Gasteiger partial charge < -0.3 is 5.11 Å². The third-order valence-corrected chi connectivity index (χ3v) is 6.83. The van der Waals surface area contributed by atoms with Gasteiger partial charge in [0.1, 0.15) is 7.85 Å². The summed E-state index contributed by atoms with van der Waals surface area (Å²) in [7, 11) is 5.76. The van der Waals surface area contributed by atoms with Crippen molar-refractivity contribution < 1.29 is 9.90 Å². The summed E-state index contributed by atoms with van der Waals surface area (Å²) < 4.78 is 0. The first-order valence-corrected chi connectivity index (χ1v) is 11.6. The third kappa shape index (κ3) is 9.97. The van der Waals surface area contributed by atoms with Crippen molar-refractivity contribution in [3.05, 3.63) is 65.7 Å². The zero-order chi connectivity index (χ0) is 19.3.